The highest BCUT2D eigenvalue weighted by atomic mass is 14.2. The van der Waals surface area contributed by atoms with Gasteiger partial charge in [0.1, 0.15) is 0 Å². The van der Waals surface area contributed by atoms with Crippen molar-refractivity contribution in [2.24, 2.45) is 17.8 Å². The van der Waals surface area contributed by atoms with Gasteiger partial charge in [-0.15, -0.1) is 0 Å². The summed E-state index contributed by atoms with van der Waals surface area (Å²) < 4.78 is 0. The van der Waals surface area contributed by atoms with Crippen LogP contribution in [0.4, 0.5) is 0 Å². The van der Waals surface area contributed by atoms with Gasteiger partial charge in [0.25, 0.3) is 0 Å². The Balaban J connectivity index is 3.61. The Hall–Kier alpha value is -0.130. The Kier molecular flexibility index (Phi) is 5.44. The van der Waals surface area contributed by atoms with E-state index in [-0.39, 0.29) is 0 Å². The van der Waals surface area contributed by atoms with E-state index in [0.29, 0.717) is 0 Å². The largest absolute Gasteiger partial charge is 0.0925 e. The summed E-state index contributed by atoms with van der Waals surface area (Å²) in [5.41, 5.74) is 0. The molecule has 0 aromatic rings. The van der Waals surface area contributed by atoms with E-state index >= 15 is 0 Å². The van der Waals surface area contributed by atoms with Crippen molar-refractivity contribution in [1.82, 2.24) is 0 Å². The van der Waals surface area contributed by atoms with E-state index in [2.05, 4.69) is 41.5 Å². The van der Waals surface area contributed by atoms with Crippen LogP contribution in [0.1, 0.15) is 54.4 Å². The fourth-order valence-corrected chi connectivity index (χ4v) is 1.57. The van der Waals surface area contributed by atoms with Gasteiger partial charge >= 0.3 is 0 Å². The summed E-state index contributed by atoms with van der Waals surface area (Å²) in [5.74, 6) is 4.17. The van der Waals surface area contributed by atoms with Gasteiger partial charge in [0.2, 0.25) is 0 Å². The summed E-state index contributed by atoms with van der Waals surface area (Å²) in [7, 11) is 0. The fraction of sp³-hybridized carbons (Fsp3) is 0.917. The number of hydrogen-bond acceptors (Lipinski definition) is 0. The SMILES string of the molecule is C[C+](CC(C)C)CC(C)C(C)C. The summed E-state index contributed by atoms with van der Waals surface area (Å²) in [4.78, 5) is 0. The molecule has 12 heavy (non-hydrogen) atoms. The molecule has 0 aromatic carbocycles. The van der Waals surface area contributed by atoms with Gasteiger partial charge in [0, 0.05) is 0 Å². The van der Waals surface area contributed by atoms with Crippen molar-refractivity contribution in [1.29, 1.82) is 0 Å². The average molecular weight is 169 g/mol. The maximum atomic E-state index is 2.36. The first-order chi connectivity index (χ1) is 5.43. The van der Waals surface area contributed by atoms with Crippen LogP contribution in [0.2, 0.25) is 0 Å². The van der Waals surface area contributed by atoms with E-state index in [1.54, 1.807) is 5.92 Å². The van der Waals surface area contributed by atoms with E-state index in [0.717, 1.165) is 17.8 Å². The van der Waals surface area contributed by atoms with Crippen LogP contribution in [0.15, 0.2) is 0 Å². The zero-order valence-electron chi connectivity index (χ0n) is 9.65. The van der Waals surface area contributed by atoms with Crippen LogP contribution in [0, 0.1) is 23.7 Å². The lowest BCUT2D eigenvalue weighted by Crippen LogP contribution is -2.09. The quantitative estimate of drug-likeness (QED) is 0.538. The third-order valence-electron chi connectivity index (χ3n) is 2.57. The molecule has 0 aromatic heterocycles. The first-order valence-electron chi connectivity index (χ1n) is 5.24. The van der Waals surface area contributed by atoms with Crippen molar-refractivity contribution < 1.29 is 0 Å². The van der Waals surface area contributed by atoms with Crippen molar-refractivity contribution in [3.8, 4) is 0 Å². The summed E-state index contributed by atoms with van der Waals surface area (Å²) in [6, 6.07) is 0. The maximum absolute atomic E-state index is 2.36. The second-order valence-corrected chi connectivity index (χ2v) is 4.98. The molecule has 1 unspecified atom stereocenters. The second-order valence-electron chi connectivity index (χ2n) is 4.98. The predicted molar refractivity (Wildman–Crippen MR) is 57.0 cm³/mol. The minimum Gasteiger partial charge on any atom is -0.0624 e. The van der Waals surface area contributed by atoms with Gasteiger partial charge < -0.3 is 0 Å². The van der Waals surface area contributed by atoms with Gasteiger partial charge in [0.15, 0.2) is 0 Å². The van der Waals surface area contributed by atoms with Crippen molar-refractivity contribution in [3.63, 3.8) is 0 Å². The minimum atomic E-state index is 0.823. The first-order valence-corrected chi connectivity index (χ1v) is 5.24. The van der Waals surface area contributed by atoms with E-state index in [1.165, 1.54) is 12.8 Å². The third-order valence-corrected chi connectivity index (χ3v) is 2.57. The van der Waals surface area contributed by atoms with Crippen molar-refractivity contribution in [2.75, 3.05) is 0 Å². The molecule has 0 N–H and O–H groups in total. The molecule has 0 aliphatic carbocycles. The summed E-state index contributed by atoms with van der Waals surface area (Å²) in [5, 5.41) is 0. The van der Waals surface area contributed by atoms with Crippen LogP contribution in [0.3, 0.4) is 0 Å². The Morgan fingerprint density at radius 1 is 0.917 bits per heavy atom. The Morgan fingerprint density at radius 2 is 1.42 bits per heavy atom. The van der Waals surface area contributed by atoms with Gasteiger partial charge in [-0.25, -0.2) is 0 Å². The van der Waals surface area contributed by atoms with Gasteiger partial charge in [-0.1, -0.05) is 34.6 Å². The fourth-order valence-electron chi connectivity index (χ4n) is 1.57. The second kappa shape index (κ2) is 5.50. The Morgan fingerprint density at radius 3 is 1.75 bits per heavy atom. The lowest BCUT2D eigenvalue weighted by molar-refractivity contribution is 0.384. The molecule has 0 nitrogen and oxygen atoms in total. The van der Waals surface area contributed by atoms with Crippen LogP contribution in [0.5, 0.6) is 0 Å². The summed E-state index contributed by atoms with van der Waals surface area (Å²) >= 11 is 0. The zero-order chi connectivity index (χ0) is 9.72. The molecule has 0 aliphatic rings. The van der Waals surface area contributed by atoms with Crippen molar-refractivity contribution >= 4 is 0 Å². The molecule has 0 heteroatoms. The van der Waals surface area contributed by atoms with Gasteiger partial charge in [-0.2, -0.15) is 0 Å². The molecule has 0 radical (unpaired) electrons. The molecular weight excluding hydrogens is 144 g/mol. The molecule has 0 aliphatic heterocycles. The molecule has 0 heterocycles. The molecular formula is C12H25+. The molecule has 0 bridgehead atoms. The monoisotopic (exact) mass is 169 g/mol. The van der Waals surface area contributed by atoms with E-state index in [1.807, 2.05) is 0 Å². The predicted octanol–water partition coefficient (Wildman–Crippen LogP) is 4.31. The van der Waals surface area contributed by atoms with E-state index < -0.39 is 0 Å². The lowest BCUT2D eigenvalue weighted by Gasteiger charge is -2.14. The molecule has 0 saturated heterocycles. The highest BCUT2D eigenvalue weighted by molar-refractivity contribution is 4.87. The molecule has 0 spiro atoms. The van der Waals surface area contributed by atoms with Crippen LogP contribution >= 0.6 is 0 Å². The molecule has 1 atom stereocenters. The van der Waals surface area contributed by atoms with Crippen molar-refractivity contribution in [2.45, 2.75) is 54.4 Å². The Labute approximate surface area is 78.8 Å². The standard InChI is InChI=1S/C12H25/c1-9(2)7-11(5)8-12(6)10(3)4/h9-10,12H,7-8H2,1-6H3/q+1. The topological polar surface area (TPSA) is 0 Å². The van der Waals surface area contributed by atoms with E-state index in [4.69, 9.17) is 0 Å². The van der Waals surface area contributed by atoms with Gasteiger partial charge in [0.05, 0.1) is 25.7 Å². The van der Waals surface area contributed by atoms with Crippen LogP contribution in [0.25, 0.3) is 0 Å². The normalized spacial score (nSPS) is 14.0. The number of rotatable bonds is 5. The first kappa shape index (κ1) is 11.9. The Bertz CT molecular complexity index is 103. The van der Waals surface area contributed by atoms with Crippen LogP contribution in [-0.2, 0) is 0 Å². The highest BCUT2D eigenvalue weighted by Gasteiger charge is 2.20. The van der Waals surface area contributed by atoms with Crippen LogP contribution in [-0.4, -0.2) is 0 Å². The van der Waals surface area contributed by atoms with Crippen LogP contribution < -0.4 is 0 Å². The summed E-state index contributed by atoms with van der Waals surface area (Å²) in [6.07, 6.45) is 2.62. The third kappa shape index (κ3) is 5.51. The summed E-state index contributed by atoms with van der Waals surface area (Å²) in [6.45, 7) is 13.9. The highest BCUT2D eigenvalue weighted by Crippen LogP contribution is 2.25. The average Bonchev–Trinajstić information content (AvgIpc) is 1.84. The molecule has 0 amide bonds. The van der Waals surface area contributed by atoms with Gasteiger partial charge in [-0.3, -0.25) is 0 Å². The molecule has 0 fully saturated rings. The lowest BCUT2D eigenvalue weighted by atomic mass is 9.85. The van der Waals surface area contributed by atoms with Crippen molar-refractivity contribution in [3.05, 3.63) is 5.92 Å². The maximum Gasteiger partial charge on any atom is 0.0925 e. The minimum absolute atomic E-state index is 0.823. The molecule has 0 saturated carbocycles. The zero-order valence-corrected chi connectivity index (χ0v) is 9.65. The smallest absolute Gasteiger partial charge is 0.0624 e. The van der Waals surface area contributed by atoms with E-state index in [9.17, 15) is 0 Å². The van der Waals surface area contributed by atoms with Gasteiger partial charge in [-0.05, 0) is 17.8 Å². The molecule has 72 valence electrons. The molecule has 0 rings (SSSR count). The number of hydrogen-bond donors (Lipinski definition) is 0.